The van der Waals surface area contributed by atoms with E-state index in [1.807, 2.05) is 0 Å². The van der Waals surface area contributed by atoms with Gasteiger partial charge in [-0.25, -0.2) is 0 Å². The molecule has 2 rings (SSSR count). The van der Waals surface area contributed by atoms with Gasteiger partial charge in [0.25, 0.3) is 5.91 Å². The molecule has 2 aromatic carbocycles. The molecule has 0 aliphatic heterocycles. The smallest absolute Gasteiger partial charge is 0.348 e. The second kappa shape index (κ2) is 6.54. The Bertz CT molecular complexity index is 689. The molecular weight excluding hydrogens is 336 g/mol. The number of carbonyl (C=O) groups excluding carboxylic acids is 1. The fourth-order valence-corrected chi connectivity index (χ4v) is 2.00. The zero-order chi connectivity index (χ0) is 18.0. The standard InChI is InChI=1S/C16H11F6NO/c17-15(18,19)12-6-10(7-13(8-12)16(20,21)22)9-23-14(24)11-4-2-1-3-5-11/h1-8H,9H2,(H,23,24). The van der Waals surface area contributed by atoms with Gasteiger partial charge in [-0.05, 0) is 35.9 Å². The Morgan fingerprint density at radius 2 is 1.33 bits per heavy atom. The number of hydrogen-bond acceptors (Lipinski definition) is 1. The van der Waals surface area contributed by atoms with Crippen molar-refractivity contribution in [3.8, 4) is 0 Å². The van der Waals surface area contributed by atoms with Gasteiger partial charge in [0.15, 0.2) is 0 Å². The van der Waals surface area contributed by atoms with Gasteiger partial charge in [-0.1, -0.05) is 18.2 Å². The Labute approximate surface area is 133 Å². The number of amides is 1. The SMILES string of the molecule is O=C(NCc1cc(C(F)(F)F)cc(C(F)(F)F)c1)c1ccccc1. The third kappa shape index (κ3) is 4.50. The van der Waals surface area contributed by atoms with Gasteiger partial charge in [-0.3, -0.25) is 4.79 Å². The van der Waals surface area contributed by atoms with Crippen LogP contribution in [0.5, 0.6) is 0 Å². The van der Waals surface area contributed by atoms with E-state index in [4.69, 9.17) is 0 Å². The maximum absolute atomic E-state index is 12.7. The predicted octanol–water partition coefficient (Wildman–Crippen LogP) is 4.65. The molecule has 128 valence electrons. The first-order chi connectivity index (χ1) is 11.1. The summed E-state index contributed by atoms with van der Waals surface area (Å²) in [5, 5.41) is 2.30. The summed E-state index contributed by atoms with van der Waals surface area (Å²) in [6.45, 7) is -0.458. The summed E-state index contributed by atoms with van der Waals surface area (Å²) < 4.78 is 76.5. The van der Waals surface area contributed by atoms with E-state index >= 15 is 0 Å². The van der Waals surface area contributed by atoms with Crippen molar-refractivity contribution in [1.82, 2.24) is 5.32 Å². The summed E-state index contributed by atoms with van der Waals surface area (Å²) >= 11 is 0. The van der Waals surface area contributed by atoms with Gasteiger partial charge in [-0.15, -0.1) is 0 Å². The fraction of sp³-hybridized carbons (Fsp3) is 0.188. The van der Waals surface area contributed by atoms with Crippen molar-refractivity contribution < 1.29 is 31.1 Å². The maximum atomic E-state index is 12.7. The van der Waals surface area contributed by atoms with E-state index < -0.39 is 35.9 Å². The largest absolute Gasteiger partial charge is 0.416 e. The lowest BCUT2D eigenvalue weighted by Crippen LogP contribution is -2.23. The highest BCUT2D eigenvalue weighted by Gasteiger charge is 2.36. The van der Waals surface area contributed by atoms with Crippen molar-refractivity contribution in [2.75, 3.05) is 0 Å². The Kier molecular flexibility index (Phi) is 4.86. The minimum atomic E-state index is -4.92. The molecule has 8 heteroatoms. The van der Waals surface area contributed by atoms with Crippen molar-refractivity contribution in [2.24, 2.45) is 0 Å². The molecule has 0 aliphatic carbocycles. The number of halogens is 6. The van der Waals surface area contributed by atoms with Gasteiger partial charge in [0.1, 0.15) is 0 Å². The topological polar surface area (TPSA) is 29.1 Å². The highest BCUT2D eigenvalue weighted by molar-refractivity contribution is 5.94. The zero-order valence-corrected chi connectivity index (χ0v) is 12.0. The molecular formula is C16H11F6NO. The second-order valence-corrected chi connectivity index (χ2v) is 4.96. The molecule has 0 atom stereocenters. The van der Waals surface area contributed by atoms with Crippen LogP contribution in [0, 0.1) is 0 Å². The van der Waals surface area contributed by atoms with E-state index in [2.05, 4.69) is 5.32 Å². The molecule has 0 aromatic heterocycles. The summed E-state index contributed by atoms with van der Waals surface area (Å²) in [6, 6.07) is 9.00. The molecule has 2 nitrogen and oxygen atoms in total. The molecule has 2 aromatic rings. The number of benzene rings is 2. The van der Waals surface area contributed by atoms with Crippen molar-refractivity contribution in [1.29, 1.82) is 0 Å². The Hall–Kier alpha value is -2.51. The quantitative estimate of drug-likeness (QED) is 0.805. The molecule has 0 fully saturated rings. The van der Waals surface area contributed by atoms with Crippen LogP contribution in [0.3, 0.4) is 0 Å². The molecule has 0 spiro atoms. The van der Waals surface area contributed by atoms with Crippen LogP contribution in [-0.2, 0) is 18.9 Å². The van der Waals surface area contributed by atoms with Crippen molar-refractivity contribution >= 4 is 5.91 Å². The zero-order valence-electron chi connectivity index (χ0n) is 12.0. The lowest BCUT2D eigenvalue weighted by atomic mass is 10.0. The summed E-state index contributed by atoms with van der Waals surface area (Å²) in [5.74, 6) is -0.596. The van der Waals surface area contributed by atoms with Crippen LogP contribution in [0.4, 0.5) is 26.3 Å². The summed E-state index contributed by atoms with van der Waals surface area (Å²) in [7, 11) is 0. The molecule has 0 aliphatic rings. The van der Waals surface area contributed by atoms with E-state index in [1.54, 1.807) is 18.2 Å². The average Bonchev–Trinajstić information content (AvgIpc) is 2.51. The predicted molar refractivity (Wildman–Crippen MR) is 74.1 cm³/mol. The molecule has 1 amide bonds. The van der Waals surface area contributed by atoms with Crippen LogP contribution in [0.25, 0.3) is 0 Å². The normalized spacial score (nSPS) is 12.1. The molecule has 1 N–H and O–H groups in total. The van der Waals surface area contributed by atoms with E-state index in [0.29, 0.717) is 12.1 Å². The van der Waals surface area contributed by atoms with Gasteiger partial charge in [-0.2, -0.15) is 26.3 Å². The van der Waals surface area contributed by atoms with Crippen LogP contribution in [-0.4, -0.2) is 5.91 Å². The highest BCUT2D eigenvalue weighted by Crippen LogP contribution is 2.36. The molecule has 0 radical (unpaired) electrons. The van der Waals surface area contributed by atoms with E-state index in [-0.39, 0.29) is 17.2 Å². The molecule has 0 saturated carbocycles. The number of rotatable bonds is 3. The van der Waals surface area contributed by atoms with Crippen LogP contribution in [0.2, 0.25) is 0 Å². The highest BCUT2D eigenvalue weighted by atomic mass is 19.4. The summed E-state index contributed by atoms with van der Waals surface area (Å²) in [4.78, 5) is 11.8. The fourth-order valence-electron chi connectivity index (χ4n) is 2.00. The third-order valence-electron chi connectivity index (χ3n) is 3.14. The monoisotopic (exact) mass is 347 g/mol. The Morgan fingerprint density at radius 1 is 0.833 bits per heavy atom. The lowest BCUT2D eigenvalue weighted by Gasteiger charge is -2.14. The summed E-state index contributed by atoms with van der Waals surface area (Å²) in [5.41, 5.74) is -2.87. The minimum absolute atomic E-state index is 0.0442. The maximum Gasteiger partial charge on any atom is 0.416 e. The van der Waals surface area contributed by atoms with Crippen LogP contribution >= 0.6 is 0 Å². The minimum Gasteiger partial charge on any atom is -0.348 e. The van der Waals surface area contributed by atoms with Crippen LogP contribution in [0.1, 0.15) is 27.0 Å². The van der Waals surface area contributed by atoms with Gasteiger partial charge in [0.2, 0.25) is 0 Å². The molecule has 0 heterocycles. The Morgan fingerprint density at radius 3 is 1.79 bits per heavy atom. The average molecular weight is 347 g/mol. The molecule has 0 saturated heterocycles. The van der Waals surface area contributed by atoms with Gasteiger partial charge < -0.3 is 5.32 Å². The van der Waals surface area contributed by atoms with Crippen LogP contribution in [0.15, 0.2) is 48.5 Å². The van der Waals surface area contributed by atoms with Gasteiger partial charge >= 0.3 is 12.4 Å². The second-order valence-electron chi connectivity index (χ2n) is 4.96. The van der Waals surface area contributed by atoms with E-state index in [0.717, 1.165) is 0 Å². The van der Waals surface area contributed by atoms with E-state index in [9.17, 15) is 31.1 Å². The number of carbonyl (C=O) groups is 1. The first kappa shape index (κ1) is 17.8. The first-order valence-electron chi connectivity index (χ1n) is 6.69. The number of alkyl halides is 6. The molecule has 0 unspecified atom stereocenters. The summed E-state index contributed by atoms with van der Waals surface area (Å²) in [6.07, 6.45) is -9.83. The Balaban J connectivity index is 2.25. The number of hydrogen-bond donors (Lipinski definition) is 1. The van der Waals surface area contributed by atoms with Crippen molar-refractivity contribution in [3.63, 3.8) is 0 Å². The van der Waals surface area contributed by atoms with Gasteiger partial charge in [0, 0.05) is 12.1 Å². The molecule has 24 heavy (non-hydrogen) atoms. The van der Waals surface area contributed by atoms with Crippen molar-refractivity contribution in [3.05, 3.63) is 70.8 Å². The van der Waals surface area contributed by atoms with Crippen molar-refractivity contribution in [2.45, 2.75) is 18.9 Å². The lowest BCUT2D eigenvalue weighted by molar-refractivity contribution is -0.143. The number of nitrogens with one attached hydrogen (secondary N) is 1. The molecule has 0 bridgehead atoms. The third-order valence-corrected chi connectivity index (χ3v) is 3.14. The van der Waals surface area contributed by atoms with Gasteiger partial charge in [0.05, 0.1) is 11.1 Å². The van der Waals surface area contributed by atoms with Crippen LogP contribution < -0.4 is 5.32 Å². The first-order valence-corrected chi connectivity index (χ1v) is 6.69. The van der Waals surface area contributed by atoms with E-state index in [1.165, 1.54) is 12.1 Å².